The van der Waals surface area contributed by atoms with Gasteiger partial charge in [0.15, 0.2) is 0 Å². The molecule has 25 heavy (non-hydrogen) atoms. The van der Waals surface area contributed by atoms with Gasteiger partial charge in [0.1, 0.15) is 17.2 Å². The first-order valence-corrected chi connectivity index (χ1v) is 7.91. The molecule has 1 aliphatic heterocycles. The van der Waals surface area contributed by atoms with Crippen LogP contribution in [0.15, 0.2) is 18.2 Å². The van der Waals surface area contributed by atoms with Crippen LogP contribution < -0.4 is 10.1 Å². The molecule has 8 heteroatoms. The zero-order valence-corrected chi connectivity index (χ0v) is 14.6. The summed E-state index contributed by atoms with van der Waals surface area (Å²) >= 11 is 0. The van der Waals surface area contributed by atoms with E-state index in [4.69, 9.17) is 14.2 Å². The van der Waals surface area contributed by atoms with E-state index in [1.165, 1.54) is 38.3 Å². The Hall–Kier alpha value is -2.19. The highest BCUT2D eigenvalue weighted by Crippen LogP contribution is 2.27. The normalized spacial score (nSPS) is 20.2. The summed E-state index contributed by atoms with van der Waals surface area (Å²) in [5.41, 5.74) is -0.806. The molecule has 2 rings (SSSR count). The van der Waals surface area contributed by atoms with Gasteiger partial charge in [-0.15, -0.1) is 0 Å². The lowest BCUT2D eigenvalue weighted by Crippen LogP contribution is -2.57. The van der Waals surface area contributed by atoms with Crippen molar-refractivity contribution in [1.82, 2.24) is 10.2 Å². The maximum Gasteiger partial charge on any atom is 0.257 e. The molecule has 0 spiro atoms. The Morgan fingerprint density at radius 3 is 2.80 bits per heavy atom. The van der Waals surface area contributed by atoms with Crippen LogP contribution in [0.25, 0.3) is 0 Å². The molecule has 1 atom stereocenters. The first kappa shape index (κ1) is 19.1. The van der Waals surface area contributed by atoms with E-state index in [1.54, 1.807) is 0 Å². The predicted octanol–water partition coefficient (Wildman–Crippen LogP) is 0.828. The van der Waals surface area contributed by atoms with Gasteiger partial charge in [0.25, 0.3) is 5.91 Å². The van der Waals surface area contributed by atoms with Crippen molar-refractivity contribution in [2.45, 2.75) is 12.0 Å². The summed E-state index contributed by atoms with van der Waals surface area (Å²) in [4.78, 5) is 26.2. The molecule has 1 aliphatic rings. The number of nitrogens with one attached hydrogen (secondary N) is 1. The SMILES string of the molecule is CNC(=O)C[C@]1(COC)CN(C(=O)c2cc(F)ccc2OC)CCO1. The second-order valence-electron chi connectivity index (χ2n) is 5.89. The zero-order valence-electron chi connectivity index (χ0n) is 14.6. The lowest BCUT2D eigenvalue weighted by molar-refractivity contribution is -0.150. The van der Waals surface area contributed by atoms with Crippen LogP contribution in [0.4, 0.5) is 4.39 Å². The summed E-state index contributed by atoms with van der Waals surface area (Å²) in [6.45, 7) is 0.901. The smallest absolute Gasteiger partial charge is 0.257 e. The van der Waals surface area contributed by atoms with Crippen molar-refractivity contribution < 1.29 is 28.2 Å². The number of rotatable bonds is 6. The summed E-state index contributed by atoms with van der Waals surface area (Å²) in [5, 5.41) is 2.55. The van der Waals surface area contributed by atoms with Gasteiger partial charge in [-0.3, -0.25) is 9.59 Å². The minimum Gasteiger partial charge on any atom is -0.496 e. The number of hydrogen-bond donors (Lipinski definition) is 1. The fourth-order valence-electron chi connectivity index (χ4n) is 2.93. The minimum absolute atomic E-state index is 0.0570. The standard InChI is InChI=1S/C17H23FN2O5/c1-19-15(21)9-17(11-23-2)10-20(6-7-25-17)16(22)13-8-12(18)4-5-14(13)24-3/h4-5,8H,6-7,9-11H2,1-3H3,(H,19,21)/t17-/m1/s1. The van der Waals surface area contributed by atoms with Crippen LogP contribution in [0.3, 0.4) is 0 Å². The van der Waals surface area contributed by atoms with Crippen molar-refractivity contribution in [3.8, 4) is 5.75 Å². The fourth-order valence-corrected chi connectivity index (χ4v) is 2.93. The lowest BCUT2D eigenvalue weighted by atomic mass is 9.96. The number of methoxy groups -OCH3 is 2. The molecule has 0 radical (unpaired) electrons. The number of ether oxygens (including phenoxy) is 3. The van der Waals surface area contributed by atoms with Crippen molar-refractivity contribution in [3.05, 3.63) is 29.6 Å². The predicted molar refractivity (Wildman–Crippen MR) is 88.1 cm³/mol. The minimum atomic E-state index is -0.941. The molecule has 2 amide bonds. The topological polar surface area (TPSA) is 77.1 Å². The highest BCUT2D eigenvalue weighted by Gasteiger charge is 2.41. The fraction of sp³-hybridized carbons (Fsp3) is 0.529. The number of carbonyl (C=O) groups is 2. The molecule has 0 unspecified atom stereocenters. The Balaban J connectivity index is 2.25. The number of halogens is 1. The van der Waals surface area contributed by atoms with E-state index in [-0.39, 0.29) is 43.6 Å². The van der Waals surface area contributed by atoms with Crippen LogP contribution in [0.5, 0.6) is 5.75 Å². The quantitative estimate of drug-likeness (QED) is 0.819. The van der Waals surface area contributed by atoms with E-state index in [0.717, 1.165) is 6.07 Å². The van der Waals surface area contributed by atoms with Crippen molar-refractivity contribution in [2.75, 3.05) is 47.6 Å². The van der Waals surface area contributed by atoms with Crippen molar-refractivity contribution in [1.29, 1.82) is 0 Å². The first-order chi connectivity index (χ1) is 11.9. The molecule has 1 N–H and O–H groups in total. The van der Waals surface area contributed by atoms with Crippen LogP contribution in [0.1, 0.15) is 16.8 Å². The molecule has 1 aromatic carbocycles. The van der Waals surface area contributed by atoms with Gasteiger partial charge in [-0.05, 0) is 18.2 Å². The van der Waals surface area contributed by atoms with Crippen molar-refractivity contribution >= 4 is 11.8 Å². The van der Waals surface area contributed by atoms with E-state index in [1.807, 2.05) is 0 Å². The summed E-state index contributed by atoms with van der Waals surface area (Å²) in [6.07, 6.45) is 0.0570. The lowest BCUT2D eigenvalue weighted by Gasteiger charge is -2.42. The van der Waals surface area contributed by atoms with Crippen LogP contribution in [-0.4, -0.2) is 69.9 Å². The third-order valence-electron chi connectivity index (χ3n) is 4.10. The third-order valence-corrected chi connectivity index (χ3v) is 4.10. The van der Waals surface area contributed by atoms with Crippen LogP contribution in [0.2, 0.25) is 0 Å². The molecule has 1 heterocycles. The number of hydrogen-bond acceptors (Lipinski definition) is 5. The van der Waals surface area contributed by atoms with Crippen LogP contribution >= 0.6 is 0 Å². The van der Waals surface area contributed by atoms with Crippen LogP contribution in [-0.2, 0) is 14.3 Å². The Morgan fingerprint density at radius 2 is 2.16 bits per heavy atom. The molecule has 1 saturated heterocycles. The van der Waals surface area contributed by atoms with Gasteiger partial charge in [-0.1, -0.05) is 0 Å². The molecule has 0 aromatic heterocycles. The second-order valence-corrected chi connectivity index (χ2v) is 5.89. The van der Waals surface area contributed by atoms with E-state index >= 15 is 0 Å². The summed E-state index contributed by atoms with van der Waals surface area (Å²) in [7, 11) is 4.46. The highest BCUT2D eigenvalue weighted by atomic mass is 19.1. The summed E-state index contributed by atoms with van der Waals surface area (Å²) in [6, 6.07) is 3.79. The Bertz CT molecular complexity index is 635. The van der Waals surface area contributed by atoms with E-state index < -0.39 is 11.4 Å². The molecule has 0 aliphatic carbocycles. The monoisotopic (exact) mass is 354 g/mol. The number of amides is 2. The van der Waals surface area contributed by atoms with Crippen LogP contribution in [0, 0.1) is 5.82 Å². The second kappa shape index (κ2) is 8.26. The average Bonchev–Trinajstić information content (AvgIpc) is 2.61. The van der Waals surface area contributed by atoms with Crippen molar-refractivity contribution in [2.24, 2.45) is 0 Å². The highest BCUT2D eigenvalue weighted by molar-refractivity contribution is 5.97. The van der Waals surface area contributed by atoms with Gasteiger partial charge in [0.2, 0.25) is 5.91 Å². The third kappa shape index (κ3) is 4.46. The Morgan fingerprint density at radius 1 is 1.40 bits per heavy atom. The molecule has 1 fully saturated rings. The number of nitrogens with zero attached hydrogens (tertiary/aromatic N) is 1. The molecular weight excluding hydrogens is 331 g/mol. The van der Waals surface area contributed by atoms with Crippen molar-refractivity contribution in [3.63, 3.8) is 0 Å². The first-order valence-electron chi connectivity index (χ1n) is 7.91. The van der Waals surface area contributed by atoms with E-state index in [0.29, 0.717) is 12.3 Å². The molecule has 138 valence electrons. The molecule has 0 bridgehead atoms. The Kier molecular flexibility index (Phi) is 6.33. The zero-order chi connectivity index (χ0) is 18.4. The van der Waals surface area contributed by atoms with E-state index in [2.05, 4.69) is 5.32 Å². The molecule has 7 nitrogen and oxygen atoms in total. The number of morpholine rings is 1. The average molecular weight is 354 g/mol. The number of benzene rings is 1. The largest absolute Gasteiger partial charge is 0.496 e. The Labute approximate surface area is 146 Å². The van der Waals surface area contributed by atoms with Gasteiger partial charge in [-0.25, -0.2) is 4.39 Å². The number of carbonyl (C=O) groups excluding carboxylic acids is 2. The van der Waals surface area contributed by atoms with Gasteiger partial charge in [0.05, 0.1) is 38.9 Å². The van der Waals surface area contributed by atoms with Gasteiger partial charge < -0.3 is 24.4 Å². The molecule has 0 saturated carbocycles. The maximum atomic E-state index is 13.6. The summed E-state index contributed by atoms with van der Waals surface area (Å²) in [5.74, 6) is -0.820. The maximum absolute atomic E-state index is 13.6. The summed E-state index contributed by atoms with van der Waals surface area (Å²) < 4.78 is 29.7. The molecular formula is C17H23FN2O5. The molecule has 1 aromatic rings. The van der Waals surface area contributed by atoms with Gasteiger partial charge >= 0.3 is 0 Å². The van der Waals surface area contributed by atoms with Gasteiger partial charge in [-0.2, -0.15) is 0 Å². The van der Waals surface area contributed by atoms with E-state index in [9.17, 15) is 14.0 Å². The van der Waals surface area contributed by atoms with Gasteiger partial charge in [0, 0.05) is 20.7 Å².